The van der Waals surface area contributed by atoms with Gasteiger partial charge in [0.1, 0.15) is 6.04 Å². The fraction of sp³-hybridized carbons (Fsp3) is 0.417. The fourth-order valence-electron chi connectivity index (χ4n) is 2.12. The van der Waals surface area contributed by atoms with Crippen LogP contribution in [0.3, 0.4) is 0 Å². The molecule has 0 aromatic heterocycles. The Balaban J connectivity index is 2.31. The van der Waals surface area contributed by atoms with Gasteiger partial charge in [0.05, 0.1) is 0 Å². The standard InChI is InChI=1S/C12H16N2O2/c1-13-11-9-5-2-3-6-10(9)14(12(11)16)7-4-8-15/h2-3,5-6,11,13,15H,4,7-8H2,1H3. The van der Waals surface area contributed by atoms with E-state index in [2.05, 4.69) is 5.32 Å². The summed E-state index contributed by atoms with van der Waals surface area (Å²) in [6.45, 7) is 0.681. The van der Waals surface area contributed by atoms with Crippen LogP contribution in [0.2, 0.25) is 0 Å². The summed E-state index contributed by atoms with van der Waals surface area (Å²) in [5.74, 6) is 0.0668. The van der Waals surface area contributed by atoms with E-state index >= 15 is 0 Å². The molecule has 86 valence electrons. The van der Waals surface area contributed by atoms with Crippen molar-refractivity contribution in [3.63, 3.8) is 0 Å². The maximum atomic E-state index is 12.1. The SMILES string of the molecule is CNC1C(=O)N(CCCO)c2ccccc21. The molecule has 4 nitrogen and oxygen atoms in total. The number of para-hydroxylation sites is 1. The van der Waals surface area contributed by atoms with Crippen molar-refractivity contribution < 1.29 is 9.90 Å². The predicted octanol–water partition coefficient (Wildman–Crippen LogP) is 0.676. The number of benzene rings is 1. The Morgan fingerprint density at radius 2 is 2.19 bits per heavy atom. The average Bonchev–Trinajstić information content (AvgIpc) is 2.58. The lowest BCUT2D eigenvalue weighted by molar-refractivity contribution is -0.119. The molecule has 2 rings (SSSR count). The molecule has 1 aliphatic rings. The molecule has 16 heavy (non-hydrogen) atoms. The van der Waals surface area contributed by atoms with E-state index in [0.717, 1.165) is 11.3 Å². The van der Waals surface area contributed by atoms with E-state index in [0.29, 0.717) is 13.0 Å². The summed E-state index contributed by atoms with van der Waals surface area (Å²) < 4.78 is 0. The number of hydrogen-bond acceptors (Lipinski definition) is 3. The third kappa shape index (κ3) is 1.70. The summed E-state index contributed by atoms with van der Waals surface area (Å²) in [5, 5.41) is 11.9. The number of aliphatic hydroxyl groups excluding tert-OH is 1. The summed E-state index contributed by atoms with van der Waals surface area (Å²) in [7, 11) is 1.79. The molecule has 0 radical (unpaired) electrons. The van der Waals surface area contributed by atoms with Crippen molar-refractivity contribution in [3.05, 3.63) is 29.8 Å². The third-order valence-corrected chi connectivity index (χ3v) is 2.88. The summed E-state index contributed by atoms with van der Waals surface area (Å²) in [6.07, 6.45) is 0.608. The zero-order valence-corrected chi connectivity index (χ0v) is 9.31. The quantitative estimate of drug-likeness (QED) is 0.784. The first-order chi connectivity index (χ1) is 7.79. The van der Waals surface area contributed by atoms with Gasteiger partial charge >= 0.3 is 0 Å². The number of fused-ring (bicyclic) bond motifs is 1. The molecule has 1 aliphatic heterocycles. The molecule has 0 bridgehead atoms. The lowest BCUT2D eigenvalue weighted by Gasteiger charge is -2.17. The number of nitrogens with one attached hydrogen (secondary N) is 1. The van der Waals surface area contributed by atoms with E-state index in [1.54, 1.807) is 11.9 Å². The maximum Gasteiger partial charge on any atom is 0.248 e. The first kappa shape index (κ1) is 11.1. The highest BCUT2D eigenvalue weighted by Crippen LogP contribution is 2.35. The second kappa shape index (κ2) is 4.63. The largest absolute Gasteiger partial charge is 0.396 e. The van der Waals surface area contributed by atoms with Gasteiger partial charge in [0.25, 0.3) is 0 Å². The van der Waals surface area contributed by atoms with Gasteiger partial charge in [0, 0.05) is 24.4 Å². The van der Waals surface area contributed by atoms with Crippen LogP contribution in [0.25, 0.3) is 0 Å². The first-order valence-electron chi connectivity index (χ1n) is 5.48. The second-order valence-corrected chi connectivity index (χ2v) is 3.85. The first-order valence-corrected chi connectivity index (χ1v) is 5.48. The van der Waals surface area contributed by atoms with Crippen LogP contribution >= 0.6 is 0 Å². The number of likely N-dealkylation sites (N-methyl/N-ethyl adjacent to an activating group) is 1. The fourth-order valence-corrected chi connectivity index (χ4v) is 2.12. The van der Waals surface area contributed by atoms with Gasteiger partial charge in [-0.3, -0.25) is 4.79 Å². The molecular formula is C12H16N2O2. The monoisotopic (exact) mass is 220 g/mol. The Labute approximate surface area is 94.9 Å². The highest BCUT2D eigenvalue weighted by Gasteiger charge is 2.35. The van der Waals surface area contributed by atoms with Gasteiger partial charge in [-0.25, -0.2) is 0 Å². The van der Waals surface area contributed by atoms with Gasteiger partial charge < -0.3 is 15.3 Å². The van der Waals surface area contributed by atoms with Crippen molar-refractivity contribution >= 4 is 11.6 Å². The number of nitrogens with zero attached hydrogens (tertiary/aromatic N) is 1. The predicted molar refractivity (Wildman–Crippen MR) is 62.3 cm³/mol. The van der Waals surface area contributed by atoms with Crippen LogP contribution in [0, 0.1) is 0 Å². The third-order valence-electron chi connectivity index (χ3n) is 2.88. The van der Waals surface area contributed by atoms with Crippen molar-refractivity contribution in [3.8, 4) is 0 Å². The Bertz CT molecular complexity index is 392. The molecule has 0 saturated carbocycles. The zero-order chi connectivity index (χ0) is 11.5. The van der Waals surface area contributed by atoms with E-state index < -0.39 is 0 Å². The van der Waals surface area contributed by atoms with E-state index in [-0.39, 0.29) is 18.6 Å². The smallest absolute Gasteiger partial charge is 0.248 e. The van der Waals surface area contributed by atoms with Crippen LogP contribution in [-0.2, 0) is 4.79 Å². The number of hydrogen-bond donors (Lipinski definition) is 2. The van der Waals surface area contributed by atoms with Crippen LogP contribution in [0.4, 0.5) is 5.69 Å². The molecule has 4 heteroatoms. The summed E-state index contributed by atoms with van der Waals surface area (Å²) >= 11 is 0. The lowest BCUT2D eigenvalue weighted by atomic mass is 10.1. The van der Waals surface area contributed by atoms with Gasteiger partial charge in [0.15, 0.2) is 0 Å². The van der Waals surface area contributed by atoms with Crippen LogP contribution < -0.4 is 10.2 Å². The highest BCUT2D eigenvalue weighted by molar-refractivity contribution is 6.04. The van der Waals surface area contributed by atoms with Crippen LogP contribution in [-0.4, -0.2) is 31.2 Å². The van der Waals surface area contributed by atoms with Crippen molar-refractivity contribution in [1.82, 2.24) is 5.32 Å². The van der Waals surface area contributed by atoms with Gasteiger partial charge in [-0.15, -0.1) is 0 Å². The lowest BCUT2D eigenvalue weighted by Crippen LogP contribution is -2.34. The molecule has 0 fully saturated rings. The molecule has 1 aromatic carbocycles. The molecule has 1 aromatic rings. The van der Waals surface area contributed by atoms with Crippen LogP contribution in [0.5, 0.6) is 0 Å². The molecule has 1 heterocycles. The van der Waals surface area contributed by atoms with Crippen molar-refractivity contribution in [2.24, 2.45) is 0 Å². The molecule has 1 atom stereocenters. The van der Waals surface area contributed by atoms with Crippen molar-refractivity contribution in [2.75, 3.05) is 25.1 Å². The van der Waals surface area contributed by atoms with E-state index in [4.69, 9.17) is 5.11 Å². The van der Waals surface area contributed by atoms with Crippen molar-refractivity contribution in [2.45, 2.75) is 12.5 Å². The average molecular weight is 220 g/mol. The molecule has 0 aliphatic carbocycles. The number of carbonyl (C=O) groups excluding carboxylic acids is 1. The molecule has 2 N–H and O–H groups in total. The maximum absolute atomic E-state index is 12.1. The number of amides is 1. The normalized spacial score (nSPS) is 19.0. The zero-order valence-electron chi connectivity index (χ0n) is 9.31. The Hall–Kier alpha value is -1.39. The van der Waals surface area contributed by atoms with Crippen molar-refractivity contribution in [1.29, 1.82) is 0 Å². The van der Waals surface area contributed by atoms with Gasteiger partial charge in [-0.2, -0.15) is 0 Å². The minimum absolute atomic E-state index is 0.0668. The Morgan fingerprint density at radius 3 is 2.88 bits per heavy atom. The van der Waals surface area contributed by atoms with E-state index in [1.165, 1.54) is 0 Å². The summed E-state index contributed by atoms with van der Waals surface area (Å²) in [6, 6.07) is 7.53. The van der Waals surface area contributed by atoms with E-state index in [1.807, 2.05) is 24.3 Å². The summed E-state index contributed by atoms with van der Waals surface area (Å²) in [5.41, 5.74) is 1.98. The topological polar surface area (TPSA) is 52.6 Å². The van der Waals surface area contributed by atoms with Crippen LogP contribution in [0.1, 0.15) is 18.0 Å². The van der Waals surface area contributed by atoms with Gasteiger partial charge in [0.2, 0.25) is 5.91 Å². The van der Waals surface area contributed by atoms with Crippen LogP contribution in [0.15, 0.2) is 24.3 Å². The molecule has 1 unspecified atom stereocenters. The number of aliphatic hydroxyl groups is 1. The number of anilines is 1. The minimum atomic E-state index is -0.241. The Kier molecular flexibility index (Phi) is 3.22. The second-order valence-electron chi connectivity index (χ2n) is 3.85. The highest BCUT2D eigenvalue weighted by atomic mass is 16.3. The molecule has 0 saturated heterocycles. The minimum Gasteiger partial charge on any atom is -0.396 e. The molecular weight excluding hydrogens is 204 g/mol. The van der Waals surface area contributed by atoms with Gasteiger partial charge in [-0.05, 0) is 19.5 Å². The molecule has 1 amide bonds. The number of rotatable bonds is 4. The molecule has 0 spiro atoms. The summed E-state index contributed by atoms with van der Waals surface area (Å²) in [4.78, 5) is 13.8. The number of carbonyl (C=O) groups is 1. The Morgan fingerprint density at radius 1 is 1.44 bits per heavy atom. The van der Waals surface area contributed by atoms with E-state index in [9.17, 15) is 4.79 Å². The van der Waals surface area contributed by atoms with Gasteiger partial charge in [-0.1, -0.05) is 18.2 Å².